The van der Waals surface area contributed by atoms with E-state index in [2.05, 4.69) is 0 Å². The first-order valence-electron chi connectivity index (χ1n) is 8.60. The molecule has 0 spiro atoms. The molecule has 0 bridgehead atoms. The summed E-state index contributed by atoms with van der Waals surface area (Å²) in [7, 11) is 1.73. The molecule has 0 atom stereocenters. The average molecular weight is 354 g/mol. The van der Waals surface area contributed by atoms with Gasteiger partial charge in [-0.2, -0.15) is 0 Å². The summed E-state index contributed by atoms with van der Waals surface area (Å²) in [5, 5.41) is 9.85. The zero-order valence-corrected chi connectivity index (χ0v) is 14.9. The van der Waals surface area contributed by atoms with Crippen molar-refractivity contribution in [2.24, 2.45) is 7.05 Å². The number of amides is 1. The van der Waals surface area contributed by atoms with Crippen molar-refractivity contribution >= 4 is 17.7 Å². The Morgan fingerprint density at radius 1 is 1.08 bits per heavy atom. The number of carboxylic acid groups (broad SMARTS) is 1. The first-order valence-corrected chi connectivity index (χ1v) is 8.60. The second kappa shape index (κ2) is 6.78. The number of hydrogen-bond donors (Lipinski definition) is 1. The highest BCUT2D eigenvalue weighted by molar-refractivity contribution is 5.99. The molecule has 2 heterocycles. The number of piperidine rings is 1. The zero-order valence-electron chi connectivity index (χ0n) is 14.9. The molecule has 1 aromatic carbocycles. The Hall–Kier alpha value is -2.89. The van der Waals surface area contributed by atoms with Crippen LogP contribution >= 0.6 is 0 Å². The van der Waals surface area contributed by atoms with Crippen LogP contribution in [0.5, 0.6) is 0 Å². The third-order valence-corrected chi connectivity index (χ3v) is 5.27. The number of rotatable bonds is 4. The summed E-state index contributed by atoms with van der Waals surface area (Å²) in [4.78, 5) is 38.0. The molecule has 1 saturated heterocycles. The standard InChI is InChI=1S/C20H22N2O4/c1-14(23)15-12-17(21(2)13-15)18(24)22-10-8-20(9-11-22,19(25)26)16-6-4-3-5-7-16/h3-7,12-13H,8-11H2,1-2H3,(H,25,26). The van der Waals surface area contributed by atoms with Gasteiger partial charge < -0.3 is 14.6 Å². The van der Waals surface area contributed by atoms with E-state index >= 15 is 0 Å². The maximum absolute atomic E-state index is 12.8. The second-order valence-electron chi connectivity index (χ2n) is 6.83. The minimum Gasteiger partial charge on any atom is -0.481 e. The molecule has 1 N–H and O–H groups in total. The molecule has 1 aliphatic rings. The van der Waals surface area contributed by atoms with Crippen molar-refractivity contribution in [1.29, 1.82) is 0 Å². The molecule has 2 aromatic rings. The summed E-state index contributed by atoms with van der Waals surface area (Å²) in [6, 6.07) is 10.8. The SMILES string of the molecule is CC(=O)c1cc(C(=O)N2CCC(C(=O)O)(c3ccccc3)CC2)n(C)c1. The van der Waals surface area contributed by atoms with Gasteiger partial charge in [-0.15, -0.1) is 0 Å². The summed E-state index contributed by atoms with van der Waals surface area (Å²) in [6.45, 7) is 2.19. The first-order chi connectivity index (χ1) is 12.3. The number of aliphatic carboxylic acids is 1. The van der Waals surface area contributed by atoms with Gasteiger partial charge in [0.15, 0.2) is 5.78 Å². The van der Waals surface area contributed by atoms with Crippen LogP contribution in [-0.2, 0) is 17.3 Å². The lowest BCUT2D eigenvalue weighted by Gasteiger charge is -2.39. The largest absolute Gasteiger partial charge is 0.481 e. The van der Waals surface area contributed by atoms with Gasteiger partial charge in [-0.25, -0.2) is 0 Å². The highest BCUT2D eigenvalue weighted by atomic mass is 16.4. The Balaban J connectivity index is 1.80. The number of aryl methyl sites for hydroxylation is 1. The Bertz CT molecular complexity index is 846. The van der Waals surface area contributed by atoms with Crippen LogP contribution in [0.25, 0.3) is 0 Å². The third kappa shape index (κ3) is 3.03. The minimum absolute atomic E-state index is 0.0905. The number of carbonyl (C=O) groups is 3. The van der Waals surface area contributed by atoms with Crippen LogP contribution in [0.4, 0.5) is 0 Å². The molecular weight excluding hydrogens is 332 g/mol. The fourth-order valence-electron chi connectivity index (χ4n) is 3.61. The van der Waals surface area contributed by atoms with Gasteiger partial charge in [-0.3, -0.25) is 14.4 Å². The molecule has 6 heteroatoms. The van der Waals surface area contributed by atoms with Crippen molar-refractivity contribution < 1.29 is 19.5 Å². The highest BCUT2D eigenvalue weighted by Gasteiger charge is 2.44. The van der Waals surface area contributed by atoms with E-state index in [-0.39, 0.29) is 11.7 Å². The van der Waals surface area contributed by atoms with Crippen LogP contribution in [0, 0.1) is 0 Å². The Kier molecular flexibility index (Phi) is 4.68. The van der Waals surface area contributed by atoms with Crippen LogP contribution in [0.3, 0.4) is 0 Å². The van der Waals surface area contributed by atoms with Crippen molar-refractivity contribution in [3.63, 3.8) is 0 Å². The molecule has 1 amide bonds. The number of ketones is 1. The topological polar surface area (TPSA) is 79.6 Å². The molecule has 136 valence electrons. The number of carbonyl (C=O) groups excluding carboxylic acids is 2. The lowest BCUT2D eigenvalue weighted by molar-refractivity contribution is -0.145. The molecular formula is C20H22N2O4. The van der Waals surface area contributed by atoms with Crippen molar-refractivity contribution in [2.45, 2.75) is 25.2 Å². The number of nitrogens with zero attached hydrogens (tertiary/aromatic N) is 2. The summed E-state index contributed by atoms with van der Waals surface area (Å²) >= 11 is 0. The van der Waals surface area contributed by atoms with E-state index in [1.165, 1.54) is 6.92 Å². The van der Waals surface area contributed by atoms with Crippen LogP contribution in [0.15, 0.2) is 42.6 Å². The minimum atomic E-state index is -0.962. The van der Waals surface area contributed by atoms with Gasteiger partial charge in [0, 0.05) is 31.9 Å². The Morgan fingerprint density at radius 2 is 1.69 bits per heavy atom. The van der Waals surface area contributed by atoms with Crippen LogP contribution in [0.2, 0.25) is 0 Å². The number of benzene rings is 1. The summed E-state index contributed by atoms with van der Waals surface area (Å²) in [5.41, 5.74) is 0.753. The maximum atomic E-state index is 12.8. The molecule has 3 rings (SSSR count). The maximum Gasteiger partial charge on any atom is 0.314 e. The molecule has 1 aromatic heterocycles. The van der Waals surface area contributed by atoms with Crippen LogP contribution in [-0.4, -0.2) is 45.3 Å². The van der Waals surface area contributed by atoms with E-state index in [1.807, 2.05) is 30.3 Å². The summed E-state index contributed by atoms with van der Waals surface area (Å²) in [6.07, 6.45) is 2.37. The Labute approximate surface area is 152 Å². The van der Waals surface area contributed by atoms with Crippen molar-refractivity contribution in [3.8, 4) is 0 Å². The van der Waals surface area contributed by atoms with Gasteiger partial charge in [0.05, 0.1) is 5.41 Å². The Morgan fingerprint density at radius 3 is 2.19 bits per heavy atom. The summed E-state index contributed by atoms with van der Waals surface area (Å²) < 4.78 is 1.65. The zero-order chi connectivity index (χ0) is 18.9. The van der Waals surface area contributed by atoms with Gasteiger partial charge in [0.2, 0.25) is 0 Å². The van der Waals surface area contributed by atoms with Gasteiger partial charge in [-0.1, -0.05) is 30.3 Å². The number of carboxylic acids is 1. The number of Topliss-reactive ketones (excluding diaryl/α,β-unsaturated/α-hetero) is 1. The first kappa shape index (κ1) is 17.9. The fraction of sp³-hybridized carbons (Fsp3) is 0.350. The molecule has 6 nitrogen and oxygen atoms in total. The normalized spacial score (nSPS) is 16.3. The number of hydrogen-bond acceptors (Lipinski definition) is 3. The molecule has 1 aliphatic heterocycles. The molecule has 1 fully saturated rings. The molecule has 0 unspecified atom stereocenters. The van der Waals surface area contributed by atoms with Crippen LogP contribution in [0.1, 0.15) is 46.2 Å². The monoisotopic (exact) mass is 354 g/mol. The van der Waals surface area contributed by atoms with Gasteiger partial charge in [-0.05, 0) is 31.4 Å². The van der Waals surface area contributed by atoms with E-state index in [4.69, 9.17) is 0 Å². The van der Waals surface area contributed by atoms with Crippen molar-refractivity contribution in [2.75, 3.05) is 13.1 Å². The lowest BCUT2D eigenvalue weighted by atomic mass is 9.73. The number of likely N-dealkylation sites (tertiary alicyclic amines) is 1. The lowest BCUT2D eigenvalue weighted by Crippen LogP contribution is -2.49. The smallest absolute Gasteiger partial charge is 0.314 e. The van der Waals surface area contributed by atoms with Gasteiger partial charge >= 0.3 is 5.97 Å². The van der Waals surface area contributed by atoms with E-state index in [1.54, 1.807) is 28.8 Å². The van der Waals surface area contributed by atoms with Crippen molar-refractivity contribution in [3.05, 3.63) is 59.4 Å². The van der Waals surface area contributed by atoms with Gasteiger partial charge in [0.25, 0.3) is 5.91 Å². The fourth-order valence-corrected chi connectivity index (χ4v) is 3.61. The van der Waals surface area contributed by atoms with E-state index in [9.17, 15) is 19.5 Å². The molecule has 0 radical (unpaired) electrons. The second-order valence-corrected chi connectivity index (χ2v) is 6.83. The van der Waals surface area contributed by atoms with E-state index in [0.717, 1.165) is 5.56 Å². The summed E-state index contributed by atoms with van der Waals surface area (Å²) in [5.74, 6) is -1.12. The average Bonchev–Trinajstić information content (AvgIpc) is 3.04. The quantitative estimate of drug-likeness (QED) is 0.856. The van der Waals surface area contributed by atoms with E-state index in [0.29, 0.717) is 37.2 Å². The van der Waals surface area contributed by atoms with Crippen molar-refractivity contribution in [1.82, 2.24) is 9.47 Å². The van der Waals surface area contributed by atoms with Crippen LogP contribution < -0.4 is 0 Å². The van der Waals surface area contributed by atoms with Gasteiger partial charge in [0.1, 0.15) is 5.69 Å². The van der Waals surface area contributed by atoms with E-state index < -0.39 is 11.4 Å². The third-order valence-electron chi connectivity index (χ3n) is 5.27. The predicted octanol–water partition coefficient (Wildman–Crippen LogP) is 2.49. The molecule has 0 saturated carbocycles. The highest BCUT2D eigenvalue weighted by Crippen LogP contribution is 2.36. The predicted molar refractivity (Wildman–Crippen MR) is 96.3 cm³/mol. The molecule has 0 aliphatic carbocycles. The molecule has 26 heavy (non-hydrogen) atoms. The number of aromatic nitrogens is 1.